The van der Waals surface area contributed by atoms with Crippen LogP contribution in [0.5, 0.6) is 0 Å². The van der Waals surface area contributed by atoms with Crippen molar-refractivity contribution in [2.24, 2.45) is 0 Å². The van der Waals surface area contributed by atoms with Crippen molar-refractivity contribution >= 4 is 34.4 Å². The van der Waals surface area contributed by atoms with Gasteiger partial charge in [-0.3, -0.25) is 31.1 Å². The van der Waals surface area contributed by atoms with Crippen LogP contribution in [0, 0.1) is 20.2 Å². The molecule has 132 valence electrons. The predicted molar refractivity (Wildman–Crippen MR) is 82.4 cm³/mol. The van der Waals surface area contributed by atoms with Crippen LogP contribution in [0.3, 0.4) is 0 Å². The van der Waals surface area contributed by atoms with E-state index in [1.54, 1.807) is 0 Å². The van der Waals surface area contributed by atoms with Gasteiger partial charge in [0.15, 0.2) is 5.11 Å². The highest BCUT2D eigenvalue weighted by Gasteiger charge is 2.37. The van der Waals surface area contributed by atoms with E-state index >= 15 is 0 Å². The first-order valence-corrected chi connectivity index (χ1v) is 6.82. The minimum absolute atomic E-state index is 0.0275. The maximum Gasteiger partial charge on any atom is 0.416 e. The van der Waals surface area contributed by atoms with Gasteiger partial charge in [-0.2, -0.15) is 13.2 Å². The molecule has 24 heavy (non-hydrogen) atoms. The number of halogens is 3. The van der Waals surface area contributed by atoms with Crippen molar-refractivity contribution in [3.63, 3.8) is 0 Å². The second-order valence-electron chi connectivity index (χ2n) is 4.41. The van der Waals surface area contributed by atoms with E-state index in [0.717, 1.165) is 0 Å². The number of anilines is 1. The SMILES string of the molecule is CCCNC(=S)NNc1c([N+](=O)[O-])cc(C(F)(F)F)cc1[N+](=O)[O-]. The summed E-state index contributed by atoms with van der Waals surface area (Å²) in [7, 11) is 0. The van der Waals surface area contributed by atoms with E-state index in [1.165, 1.54) is 0 Å². The number of rotatable bonds is 6. The minimum Gasteiger partial charge on any atom is -0.361 e. The van der Waals surface area contributed by atoms with Crippen molar-refractivity contribution in [3.05, 3.63) is 37.9 Å². The molecule has 0 fully saturated rings. The van der Waals surface area contributed by atoms with E-state index < -0.39 is 38.6 Å². The molecule has 0 aliphatic heterocycles. The highest BCUT2D eigenvalue weighted by atomic mass is 32.1. The average molecular weight is 367 g/mol. The molecule has 0 saturated carbocycles. The third-order valence-corrected chi connectivity index (χ3v) is 2.90. The zero-order valence-corrected chi connectivity index (χ0v) is 13.0. The second kappa shape index (κ2) is 7.72. The zero-order valence-electron chi connectivity index (χ0n) is 12.1. The molecular weight excluding hydrogens is 355 g/mol. The van der Waals surface area contributed by atoms with Crippen LogP contribution in [0.4, 0.5) is 30.2 Å². The molecule has 0 unspecified atom stereocenters. The summed E-state index contributed by atoms with van der Waals surface area (Å²) < 4.78 is 38.2. The number of nitro groups is 2. The number of alkyl halides is 3. The van der Waals surface area contributed by atoms with Gasteiger partial charge >= 0.3 is 17.6 Å². The van der Waals surface area contributed by atoms with Gasteiger partial charge in [-0.25, -0.2) is 0 Å². The van der Waals surface area contributed by atoms with E-state index in [1.807, 2.05) is 6.92 Å². The summed E-state index contributed by atoms with van der Waals surface area (Å²) in [6, 6.07) is 0.416. The molecule has 1 rings (SSSR count). The summed E-state index contributed by atoms with van der Waals surface area (Å²) in [5.74, 6) is 0. The van der Waals surface area contributed by atoms with E-state index in [0.29, 0.717) is 13.0 Å². The fraction of sp³-hybridized carbons (Fsp3) is 0.364. The molecule has 13 heteroatoms. The Balaban J connectivity index is 3.28. The van der Waals surface area contributed by atoms with E-state index in [4.69, 9.17) is 12.2 Å². The first kappa shape index (κ1) is 19.3. The third-order valence-electron chi connectivity index (χ3n) is 2.65. The quantitative estimate of drug-likeness (QED) is 0.398. The van der Waals surface area contributed by atoms with Crippen molar-refractivity contribution in [3.8, 4) is 0 Å². The molecule has 0 radical (unpaired) electrons. The molecule has 0 aliphatic carbocycles. The van der Waals surface area contributed by atoms with Gasteiger partial charge in [-0.15, -0.1) is 0 Å². The molecule has 0 atom stereocenters. The molecule has 0 bridgehead atoms. The molecule has 0 spiro atoms. The Morgan fingerprint density at radius 1 is 1.21 bits per heavy atom. The summed E-state index contributed by atoms with van der Waals surface area (Å²) in [6.45, 7) is 2.30. The monoisotopic (exact) mass is 367 g/mol. The van der Waals surface area contributed by atoms with Crippen LogP contribution in [0.2, 0.25) is 0 Å². The highest BCUT2D eigenvalue weighted by Crippen LogP contribution is 2.40. The van der Waals surface area contributed by atoms with Crippen molar-refractivity contribution in [2.75, 3.05) is 12.0 Å². The van der Waals surface area contributed by atoms with E-state index in [2.05, 4.69) is 16.2 Å². The van der Waals surface area contributed by atoms with Crippen LogP contribution in [-0.4, -0.2) is 21.5 Å². The molecular formula is C11H12F3N5O4S. The molecule has 3 N–H and O–H groups in total. The lowest BCUT2D eigenvalue weighted by atomic mass is 10.1. The lowest BCUT2D eigenvalue weighted by Gasteiger charge is -2.14. The Morgan fingerprint density at radius 3 is 2.08 bits per heavy atom. The van der Waals surface area contributed by atoms with Crippen molar-refractivity contribution in [1.29, 1.82) is 0 Å². The zero-order chi connectivity index (χ0) is 18.5. The number of benzene rings is 1. The number of nitro benzene ring substituents is 2. The Kier molecular flexibility index (Phi) is 6.22. The van der Waals surface area contributed by atoms with Crippen molar-refractivity contribution < 1.29 is 23.0 Å². The summed E-state index contributed by atoms with van der Waals surface area (Å²) in [4.78, 5) is 19.7. The number of hydrogen-bond acceptors (Lipinski definition) is 6. The first-order chi connectivity index (χ1) is 11.1. The van der Waals surface area contributed by atoms with Crippen molar-refractivity contribution in [1.82, 2.24) is 10.7 Å². The van der Waals surface area contributed by atoms with Crippen molar-refractivity contribution in [2.45, 2.75) is 19.5 Å². The van der Waals surface area contributed by atoms with Crippen LogP contribution in [0.15, 0.2) is 12.1 Å². The second-order valence-corrected chi connectivity index (χ2v) is 4.82. The van der Waals surface area contributed by atoms with Gasteiger partial charge in [0.25, 0.3) is 0 Å². The van der Waals surface area contributed by atoms with Gasteiger partial charge in [0.1, 0.15) is 0 Å². The fourth-order valence-corrected chi connectivity index (χ4v) is 1.75. The van der Waals surface area contributed by atoms with Crippen LogP contribution >= 0.6 is 12.2 Å². The normalized spacial score (nSPS) is 10.8. The van der Waals surface area contributed by atoms with Crippen LogP contribution in [0.25, 0.3) is 0 Å². The van der Waals surface area contributed by atoms with Gasteiger partial charge in [-0.1, -0.05) is 6.92 Å². The summed E-state index contributed by atoms with van der Waals surface area (Å²) in [6.07, 6.45) is -4.26. The first-order valence-electron chi connectivity index (χ1n) is 6.41. The number of hydrogen-bond donors (Lipinski definition) is 3. The Morgan fingerprint density at radius 2 is 1.71 bits per heavy atom. The maximum absolute atomic E-state index is 12.7. The fourth-order valence-electron chi connectivity index (χ4n) is 1.59. The molecule has 0 saturated heterocycles. The highest BCUT2D eigenvalue weighted by molar-refractivity contribution is 7.80. The lowest BCUT2D eigenvalue weighted by Crippen LogP contribution is -2.39. The van der Waals surface area contributed by atoms with E-state index in [-0.39, 0.29) is 17.2 Å². The average Bonchev–Trinajstić information content (AvgIpc) is 2.48. The number of thiocarbonyl (C=S) groups is 1. The molecule has 1 aromatic rings. The maximum atomic E-state index is 12.7. The van der Waals surface area contributed by atoms with Gasteiger partial charge in [0.2, 0.25) is 5.69 Å². The van der Waals surface area contributed by atoms with Crippen LogP contribution < -0.4 is 16.2 Å². The topological polar surface area (TPSA) is 122 Å². The number of hydrazine groups is 1. The smallest absolute Gasteiger partial charge is 0.361 e. The van der Waals surface area contributed by atoms with Gasteiger partial charge in [0.05, 0.1) is 15.4 Å². The Hall–Kier alpha value is -2.70. The number of nitrogens with one attached hydrogen (secondary N) is 3. The van der Waals surface area contributed by atoms with Gasteiger partial charge in [0, 0.05) is 18.7 Å². The largest absolute Gasteiger partial charge is 0.416 e. The Labute approximate surface area is 138 Å². The van der Waals surface area contributed by atoms with Crippen LogP contribution in [-0.2, 0) is 6.18 Å². The third kappa shape index (κ3) is 4.91. The summed E-state index contributed by atoms with van der Waals surface area (Å²) in [5, 5.41) is 24.6. The Bertz CT molecular complexity index is 633. The van der Waals surface area contributed by atoms with Gasteiger partial charge in [-0.05, 0) is 18.6 Å². The van der Waals surface area contributed by atoms with E-state index in [9.17, 15) is 33.4 Å². The molecule has 9 nitrogen and oxygen atoms in total. The molecule has 0 heterocycles. The van der Waals surface area contributed by atoms with Crippen LogP contribution in [0.1, 0.15) is 18.9 Å². The summed E-state index contributed by atoms with van der Waals surface area (Å²) >= 11 is 4.82. The molecule has 0 aliphatic rings. The molecule has 1 aromatic carbocycles. The summed E-state index contributed by atoms with van der Waals surface area (Å²) in [5.41, 5.74) is -0.0668. The lowest BCUT2D eigenvalue weighted by molar-refractivity contribution is -0.392. The number of nitrogens with zero attached hydrogens (tertiary/aromatic N) is 2. The standard InChI is InChI=1S/C11H12F3N5O4S/c1-2-3-15-10(24)17-16-9-7(18(20)21)4-6(11(12,13)14)5-8(9)19(22)23/h4-5,16H,2-3H2,1H3,(H2,15,17,24). The minimum atomic E-state index is -4.97. The molecule has 0 amide bonds. The van der Waals surface area contributed by atoms with Gasteiger partial charge < -0.3 is 5.32 Å². The predicted octanol–water partition coefficient (Wildman–Crippen LogP) is 2.72. The molecule has 0 aromatic heterocycles.